The maximum Gasteiger partial charge on any atom is 0.307 e. The highest BCUT2D eigenvalue weighted by atomic mass is 16.5. The minimum Gasteiger partial charge on any atom is -0.481 e. The van der Waals surface area contributed by atoms with Crippen LogP contribution in [0.5, 0.6) is 0 Å². The van der Waals surface area contributed by atoms with Gasteiger partial charge in [-0.1, -0.05) is 29.4 Å². The average molecular weight is 300 g/mol. The molecule has 3 rings (SSSR count). The van der Waals surface area contributed by atoms with Gasteiger partial charge in [-0.15, -0.1) is 0 Å². The Morgan fingerprint density at radius 3 is 2.86 bits per heavy atom. The molecule has 1 aliphatic heterocycles. The Bertz CT molecular complexity index is 665. The Labute approximate surface area is 129 Å². The lowest BCUT2D eigenvalue weighted by Gasteiger charge is -2.23. The maximum atomic E-state index is 11.0. The van der Waals surface area contributed by atoms with Crippen molar-refractivity contribution in [3.8, 4) is 0 Å². The minimum atomic E-state index is -0.795. The molecule has 5 heteroatoms. The summed E-state index contributed by atoms with van der Waals surface area (Å²) in [5.41, 5.74) is 2.86. The molecule has 0 spiro atoms. The highest BCUT2D eigenvalue weighted by Gasteiger charge is 2.29. The quantitative estimate of drug-likeness (QED) is 0.919. The first-order chi connectivity index (χ1) is 10.6. The van der Waals surface area contributed by atoms with E-state index in [0.29, 0.717) is 0 Å². The van der Waals surface area contributed by atoms with Gasteiger partial charge >= 0.3 is 5.97 Å². The van der Waals surface area contributed by atoms with Gasteiger partial charge in [-0.25, -0.2) is 0 Å². The van der Waals surface area contributed by atoms with Gasteiger partial charge in [-0.3, -0.25) is 9.69 Å². The third-order valence-electron chi connectivity index (χ3n) is 4.17. The molecule has 0 saturated carbocycles. The van der Waals surface area contributed by atoms with Gasteiger partial charge in [0.25, 0.3) is 0 Å². The molecule has 116 valence electrons. The Morgan fingerprint density at radius 2 is 2.18 bits per heavy atom. The number of hydrogen-bond donors (Lipinski definition) is 1. The molecule has 22 heavy (non-hydrogen) atoms. The van der Waals surface area contributed by atoms with Crippen LogP contribution in [0.4, 0.5) is 0 Å². The van der Waals surface area contributed by atoms with E-state index in [1.807, 2.05) is 37.3 Å². The molecule has 2 aromatic rings. The average Bonchev–Trinajstić information content (AvgIpc) is 3.09. The number of nitrogens with zero attached hydrogens (tertiary/aromatic N) is 2. The number of aliphatic carboxylic acids is 1. The van der Waals surface area contributed by atoms with E-state index < -0.39 is 5.97 Å². The van der Waals surface area contributed by atoms with Crippen LogP contribution in [0.2, 0.25) is 0 Å². The summed E-state index contributed by atoms with van der Waals surface area (Å²) < 4.78 is 5.43. The highest BCUT2D eigenvalue weighted by molar-refractivity contribution is 5.70. The predicted octanol–water partition coefficient (Wildman–Crippen LogP) is 2.95. The van der Waals surface area contributed by atoms with E-state index in [4.69, 9.17) is 9.63 Å². The summed E-state index contributed by atoms with van der Waals surface area (Å²) in [6, 6.07) is 9.99. The molecule has 1 N–H and O–H groups in total. The van der Waals surface area contributed by atoms with Gasteiger partial charge in [0.05, 0.1) is 18.2 Å². The minimum absolute atomic E-state index is 0.0656. The summed E-state index contributed by atoms with van der Waals surface area (Å²) in [7, 11) is 0. The number of rotatable bonds is 5. The zero-order valence-electron chi connectivity index (χ0n) is 12.7. The lowest BCUT2D eigenvalue weighted by molar-refractivity contribution is -0.136. The number of carbonyl (C=O) groups is 1. The summed E-state index contributed by atoms with van der Waals surface area (Å²) in [6.07, 6.45) is 2.23. The van der Waals surface area contributed by atoms with E-state index in [9.17, 15) is 4.79 Å². The largest absolute Gasteiger partial charge is 0.481 e. The van der Waals surface area contributed by atoms with Gasteiger partial charge in [0.1, 0.15) is 0 Å². The fourth-order valence-corrected chi connectivity index (χ4v) is 3.14. The molecule has 0 aliphatic carbocycles. The van der Waals surface area contributed by atoms with E-state index in [1.165, 1.54) is 0 Å². The second-order valence-corrected chi connectivity index (χ2v) is 5.84. The monoisotopic (exact) mass is 300 g/mol. The van der Waals surface area contributed by atoms with Gasteiger partial charge in [-0.2, -0.15) is 0 Å². The fraction of sp³-hybridized carbons (Fsp3) is 0.412. The number of aryl methyl sites for hydroxylation is 1. The number of hydrogen-bond acceptors (Lipinski definition) is 4. The first-order valence-corrected chi connectivity index (χ1v) is 7.59. The molecule has 1 fully saturated rings. The van der Waals surface area contributed by atoms with Crippen LogP contribution >= 0.6 is 0 Å². The van der Waals surface area contributed by atoms with Crippen LogP contribution in [0.25, 0.3) is 0 Å². The standard InChI is InChI=1S/C17H20N2O3/c1-12-9-16(22-18-12)15-7-4-8-19(15)11-14-6-3-2-5-13(14)10-17(20)21/h2-3,5-6,9,15H,4,7-8,10-11H2,1H3,(H,20,21). The van der Waals surface area contributed by atoms with Crippen LogP contribution in [0.3, 0.4) is 0 Å². The maximum absolute atomic E-state index is 11.0. The summed E-state index contributed by atoms with van der Waals surface area (Å²) in [6.45, 7) is 3.66. The molecule has 2 heterocycles. The van der Waals surface area contributed by atoms with E-state index in [-0.39, 0.29) is 12.5 Å². The Hall–Kier alpha value is -2.14. The molecular formula is C17H20N2O3. The van der Waals surface area contributed by atoms with Crippen LogP contribution in [0.1, 0.15) is 41.5 Å². The van der Waals surface area contributed by atoms with Crippen LogP contribution in [0.15, 0.2) is 34.9 Å². The number of carboxylic acids is 1. The number of benzene rings is 1. The molecule has 1 atom stereocenters. The van der Waals surface area contributed by atoms with E-state index in [0.717, 1.165) is 48.5 Å². The first-order valence-electron chi connectivity index (χ1n) is 7.59. The zero-order chi connectivity index (χ0) is 15.5. The van der Waals surface area contributed by atoms with Crippen molar-refractivity contribution in [1.29, 1.82) is 0 Å². The predicted molar refractivity (Wildman–Crippen MR) is 81.4 cm³/mol. The smallest absolute Gasteiger partial charge is 0.307 e. The Kier molecular flexibility index (Phi) is 4.24. The molecule has 0 bridgehead atoms. The van der Waals surface area contributed by atoms with Crippen molar-refractivity contribution in [1.82, 2.24) is 10.1 Å². The number of likely N-dealkylation sites (tertiary alicyclic amines) is 1. The third kappa shape index (κ3) is 3.20. The summed E-state index contributed by atoms with van der Waals surface area (Å²) in [5, 5.41) is 13.0. The van der Waals surface area contributed by atoms with Crippen LogP contribution in [-0.4, -0.2) is 27.7 Å². The van der Waals surface area contributed by atoms with Gasteiger partial charge in [-0.05, 0) is 37.4 Å². The summed E-state index contributed by atoms with van der Waals surface area (Å²) in [5.74, 6) is 0.113. The van der Waals surface area contributed by atoms with E-state index >= 15 is 0 Å². The molecule has 1 aliphatic rings. The van der Waals surface area contributed by atoms with Crippen LogP contribution in [0, 0.1) is 6.92 Å². The van der Waals surface area contributed by atoms with E-state index in [1.54, 1.807) is 0 Å². The molecular weight excluding hydrogens is 280 g/mol. The van der Waals surface area contributed by atoms with Crippen molar-refractivity contribution in [3.05, 3.63) is 52.9 Å². The van der Waals surface area contributed by atoms with Crippen molar-refractivity contribution < 1.29 is 14.4 Å². The second kappa shape index (κ2) is 6.32. The van der Waals surface area contributed by atoms with Crippen molar-refractivity contribution >= 4 is 5.97 Å². The number of aromatic nitrogens is 1. The first kappa shape index (κ1) is 14.8. The lowest BCUT2D eigenvalue weighted by Crippen LogP contribution is -2.23. The normalized spacial score (nSPS) is 18.7. The molecule has 1 saturated heterocycles. The van der Waals surface area contributed by atoms with Crippen LogP contribution < -0.4 is 0 Å². The fourth-order valence-electron chi connectivity index (χ4n) is 3.14. The van der Waals surface area contributed by atoms with Crippen LogP contribution in [-0.2, 0) is 17.8 Å². The molecule has 5 nitrogen and oxygen atoms in total. The van der Waals surface area contributed by atoms with Crippen molar-refractivity contribution in [2.75, 3.05) is 6.54 Å². The van der Waals surface area contributed by atoms with Gasteiger partial charge in [0.15, 0.2) is 5.76 Å². The zero-order valence-corrected chi connectivity index (χ0v) is 12.7. The molecule has 0 amide bonds. The van der Waals surface area contributed by atoms with Crippen molar-refractivity contribution in [3.63, 3.8) is 0 Å². The van der Waals surface area contributed by atoms with Gasteiger partial charge in [0.2, 0.25) is 0 Å². The third-order valence-corrected chi connectivity index (χ3v) is 4.17. The molecule has 1 unspecified atom stereocenters. The molecule has 1 aromatic heterocycles. The second-order valence-electron chi connectivity index (χ2n) is 5.84. The number of carboxylic acid groups (broad SMARTS) is 1. The van der Waals surface area contributed by atoms with Crippen molar-refractivity contribution in [2.24, 2.45) is 0 Å². The van der Waals surface area contributed by atoms with Gasteiger partial charge < -0.3 is 9.63 Å². The Balaban J connectivity index is 1.79. The van der Waals surface area contributed by atoms with E-state index in [2.05, 4.69) is 10.1 Å². The van der Waals surface area contributed by atoms with Crippen molar-refractivity contribution in [2.45, 2.75) is 38.8 Å². The SMILES string of the molecule is Cc1cc(C2CCCN2Cc2ccccc2CC(=O)O)on1. The topological polar surface area (TPSA) is 66.6 Å². The highest BCUT2D eigenvalue weighted by Crippen LogP contribution is 2.33. The summed E-state index contributed by atoms with van der Waals surface area (Å²) in [4.78, 5) is 13.4. The molecule has 1 aromatic carbocycles. The lowest BCUT2D eigenvalue weighted by atomic mass is 10.0. The van der Waals surface area contributed by atoms with Gasteiger partial charge in [0, 0.05) is 12.6 Å². The summed E-state index contributed by atoms with van der Waals surface area (Å²) >= 11 is 0. The Morgan fingerprint density at radius 1 is 1.41 bits per heavy atom. The molecule has 0 radical (unpaired) electrons.